The number of hydrogen-bond acceptors (Lipinski definition) is 2. The van der Waals surface area contributed by atoms with Gasteiger partial charge in [-0.05, 0) is 17.7 Å². The largest absolute Gasteiger partial charge is 0.250 e. The first-order valence-corrected chi connectivity index (χ1v) is 8.21. The number of rotatable bonds is 5. The maximum atomic E-state index is 6.21. The molecule has 0 N–H and O–H groups in total. The molecule has 96 valence electrons. The minimum absolute atomic E-state index is 0.259. The minimum atomic E-state index is -0.259. The monoisotopic (exact) mass is 363 g/mol. The van der Waals surface area contributed by atoms with Crippen molar-refractivity contribution in [3.05, 3.63) is 50.9 Å². The first-order valence-electron chi connectivity index (χ1n) is 5.46. The van der Waals surface area contributed by atoms with Gasteiger partial charge in [-0.2, -0.15) is 0 Å². The number of nitrogens with zero attached hydrogens (tertiary/aromatic N) is 1. The minimum Gasteiger partial charge on any atom is -0.250 e. The molecule has 0 saturated carbocycles. The lowest BCUT2D eigenvalue weighted by Gasteiger charge is -2.29. The van der Waals surface area contributed by atoms with Gasteiger partial charge in [-0.15, -0.1) is 34.5 Å². The highest BCUT2D eigenvalue weighted by molar-refractivity contribution is 9.10. The van der Waals surface area contributed by atoms with E-state index in [1.807, 2.05) is 23.7 Å². The molecule has 0 saturated heterocycles. The van der Waals surface area contributed by atoms with Crippen molar-refractivity contribution in [1.29, 1.82) is 0 Å². The third-order valence-electron chi connectivity index (χ3n) is 2.92. The van der Waals surface area contributed by atoms with Crippen molar-refractivity contribution in [2.45, 2.75) is 11.8 Å². The summed E-state index contributed by atoms with van der Waals surface area (Å²) in [4.78, 5) is 4.33. The van der Waals surface area contributed by atoms with Gasteiger partial charge in [0.15, 0.2) is 0 Å². The third kappa shape index (κ3) is 3.08. The Bertz CT molecular complexity index is 497. The van der Waals surface area contributed by atoms with E-state index in [4.69, 9.17) is 23.2 Å². The zero-order chi connectivity index (χ0) is 13.0. The van der Waals surface area contributed by atoms with Crippen LogP contribution >= 0.6 is 50.5 Å². The van der Waals surface area contributed by atoms with Crippen LogP contribution in [0.25, 0.3) is 0 Å². The lowest BCUT2D eigenvalue weighted by atomic mass is 9.81. The van der Waals surface area contributed by atoms with Gasteiger partial charge in [-0.3, -0.25) is 0 Å². The van der Waals surface area contributed by atoms with Crippen molar-refractivity contribution in [3.8, 4) is 0 Å². The molecule has 0 atom stereocenters. The molecule has 1 aromatic carbocycles. The van der Waals surface area contributed by atoms with E-state index in [1.54, 1.807) is 11.3 Å². The predicted octanol–water partition coefficient (Wildman–Crippen LogP) is 4.86. The van der Waals surface area contributed by atoms with E-state index in [9.17, 15) is 0 Å². The van der Waals surface area contributed by atoms with Crippen LogP contribution in [0.3, 0.4) is 0 Å². The summed E-state index contributed by atoms with van der Waals surface area (Å²) in [6.07, 6.45) is 2.59. The normalized spacial score (nSPS) is 11.7. The third-order valence-corrected chi connectivity index (χ3v) is 5.22. The molecule has 0 radical (unpaired) electrons. The molecule has 0 spiro atoms. The van der Waals surface area contributed by atoms with Crippen molar-refractivity contribution < 1.29 is 0 Å². The second kappa shape index (κ2) is 6.38. The number of halogens is 3. The Balaban J connectivity index is 2.37. The van der Waals surface area contributed by atoms with Crippen molar-refractivity contribution in [3.63, 3.8) is 0 Å². The molecule has 5 heteroatoms. The quantitative estimate of drug-likeness (QED) is 0.690. The Kier molecular flexibility index (Phi) is 5.07. The van der Waals surface area contributed by atoms with Crippen molar-refractivity contribution >= 4 is 50.5 Å². The summed E-state index contributed by atoms with van der Waals surface area (Å²) in [6.45, 7) is 0. The summed E-state index contributed by atoms with van der Waals surface area (Å²) >= 11 is 17.5. The van der Waals surface area contributed by atoms with Gasteiger partial charge in [0.1, 0.15) is 0 Å². The first kappa shape index (κ1) is 14.3. The highest BCUT2D eigenvalue weighted by Crippen LogP contribution is 2.33. The fourth-order valence-electron chi connectivity index (χ4n) is 1.83. The summed E-state index contributed by atoms with van der Waals surface area (Å²) in [5.41, 5.74) is 0.891. The van der Waals surface area contributed by atoms with Gasteiger partial charge in [0.25, 0.3) is 0 Å². The van der Waals surface area contributed by atoms with Crippen LogP contribution in [0.2, 0.25) is 0 Å². The molecule has 1 heterocycles. The fourth-order valence-corrected chi connectivity index (χ4v) is 3.78. The van der Waals surface area contributed by atoms with Crippen molar-refractivity contribution in [1.82, 2.24) is 4.98 Å². The summed E-state index contributed by atoms with van der Waals surface area (Å²) in [6, 6.07) is 8.16. The zero-order valence-corrected chi connectivity index (χ0v) is 13.5. The highest BCUT2D eigenvalue weighted by Gasteiger charge is 2.32. The average molecular weight is 365 g/mol. The molecule has 0 unspecified atom stereocenters. The van der Waals surface area contributed by atoms with Crippen LogP contribution in [0.5, 0.6) is 0 Å². The number of thiazole rings is 1. The molecule has 0 aliphatic heterocycles. The maximum Gasteiger partial charge on any atom is 0.0934 e. The number of benzene rings is 1. The Morgan fingerprint density at radius 3 is 2.61 bits per heavy atom. The Morgan fingerprint density at radius 2 is 2.06 bits per heavy atom. The Morgan fingerprint density at radius 1 is 1.28 bits per heavy atom. The molecule has 2 aromatic rings. The lowest BCUT2D eigenvalue weighted by molar-refractivity contribution is 0.534. The average Bonchev–Trinajstić information content (AvgIpc) is 2.89. The maximum absolute atomic E-state index is 6.21. The predicted molar refractivity (Wildman–Crippen MR) is 83.1 cm³/mol. The molecule has 0 amide bonds. The fraction of sp³-hybridized carbons (Fsp3) is 0.308. The SMILES string of the molecule is ClCC(CCl)(Cc1nccs1)c1cccc(Br)c1. The smallest absolute Gasteiger partial charge is 0.0934 e. The topological polar surface area (TPSA) is 12.9 Å². The highest BCUT2D eigenvalue weighted by atomic mass is 79.9. The van der Waals surface area contributed by atoms with Gasteiger partial charge >= 0.3 is 0 Å². The van der Waals surface area contributed by atoms with E-state index in [0.717, 1.165) is 21.5 Å². The van der Waals surface area contributed by atoms with Crippen LogP contribution < -0.4 is 0 Å². The first-order chi connectivity index (χ1) is 8.70. The summed E-state index contributed by atoms with van der Waals surface area (Å²) in [7, 11) is 0. The number of hydrogen-bond donors (Lipinski definition) is 0. The van der Waals surface area contributed by atoms with E-state index < -0.39 is 0 Å². The van der Waals surface area contributed by atoms with E-state index in [-0.39, 0.29) is 5.41 Å². The zero-order valence-electron chi connectivity index (χ0n) is 9.57. The van der Waals surface area contributed by atoms with E-state index >= 15 is 0 Å². The second-order valence-corrected chi connectivity index (χ2v) is 6.59. The van der Waals surface area contributed by atoms with Crippen LogP contribution in [0.15, 0.2) is 40.3 Å². The van der Waals surface area contributed by atoms with Crippen LogP contribution in [-0.4, -0.2) is 16.7 Å². The summed E-state index contributed by atoms with van der Waals surface area (Å²) in [5, 5.41) is 3.04. The molecule has 0 fully saturated rings. The van der Waals surface area contributed by atoms with Crippen molar-refractivity contribution in [2.24, 2.45) is 0 Å². The van der Waals surface area contributed by atoms with E-state index in [2.05, 4.69) is 33.0 Å². The number of alkyl halides is 2. The molecule has 1 aromatic heterocycles. The molecular formula is C13H12BrCl2NS. The molecule has 18 heavy (non-hydrogen) atoms. The van der Waals surface area contributed by atoms with Crippen LogP contribution in [0, 0.1) is 0 Å². The molecule has 0 aliphatic carbocycles. The second-order valence-electron chi connectivity index (χ2n) is 4.16. The van der Waals surface area contributed by atoms with Crippen LogP contribution in [0.4, 0.5) is 0 Å². The van der Waals surface area contributed by atoms with Gasteiger partial charge in [-0.25, -0.2) is 4.98 Å². The molecule has 0 bridgehead atoms. The van der Waals surface area contributed by atoms with Gasteiger partial charge < -0.3 is 0 Å². The van der Waals surface area contributed by atoms with Gasteiger partial charge in [0.05, 0.1) is 5.01 Å². The molecule has 0 aliphatic rings. The van der Waals surface area contributed by atoms with Crippen LogP contribution in [-0.2, 0) is 11.8 Å². The Hall–Kier alpha value is -0.0900. The summed E-state index contributed by atoms with van der Waals surface area (Å²) in [5.74, 6) is 0.957. The van der Waals surface area contributed by atoms with Gasteiger partial charge in [0.2, 0.25) is 0 Å². The van der Waals surface area contributed by atoms with Gasteiger partial charge in [0, 0.05) is 39.6 Å². The van der Waals surface area contributed by atoms with Crippen molar-refractivity contribution in [2.75, 3.05) is 11.8 Å². The Labute approximate surface area is 129 Å². The molecule has 2 rings (SSSR count). The van der Waals surface area contributed by atoms with Gasteiger partial charge in [-0.1, -0.05) is 28.1 Å². The van der Waals surface area contributed by atoms with E-state index in [0.29, 0.717) is 11.8 Å². The lowest BCUT2D eigenvalue weighted by Crippen LogP contribution is -2.33. The van der Waals surface area contributed by atoms with Crippen LogP contribution in [0.1, 0.15) is 10.6 Å². The van der Waals surface area contributed by atoms with E-state index in [1.165, 1.54) is 0 Å². The molecular weight excluding hydrogens is 353 g/mol. The number of aromatic nitrogens is 1. The molecule has 1 nitrogen and oxygen atoms in total. The summed E-state index contributed by atoms with van der Waals surface area (Å²) < 4.78 is 1.04. The standard InChI is InChI=1S/C13H12BrCl2NS/c14-11-3-1-2-10(6-11)13(8-15,9-16)7-12-17-4-5-18-12/h1-6H,7-9H2.